The van der Waals surface area contributed by atoms with Gasteiger partial charge < -0.3 is 10.3 Å². The Morgan fingerprint density at radius 2 is 1.77 bits per heavy atom. The Labute approximate surface area is 230 Å². The lowest BCUT2D eigenvalue weighted by Gasteiger charge is -2.12. The van der Waals surface area contributed by atoms with Gasteiger partial charge in [0.05, 0.1) is 22.4 Å². The van der Waals surface area contributed by atoms with Crippen molar-refractivity contribution in [1.29, 1.82) is 0 Å². The minimum absolute atomic E-state index is 0.0999. The number of fused-ring (bicyclic) bond motifs is 2. The Morgan fingerprint density at radius 1 is 0.975 bits per heavy atom. The Morgan fingerprint density at radius 3 is 2.55 bits per heavy atom. The fourth-order valence-corrected chi connectivity index (χ4v) is 5.10. The second-order valence-corrected chi connectivity index (χ2v) is 9.92. The lowest BCUT2D eigenvalue weighted by atomic mass is 10.1. The standard InChI is InChI=1S/C29H20F2N6O2S/c1-16-21-12-13-25(38)37(26(21)36-28(33-16)40-29-34-23-4-2-3-5-24(23)35-29)20-10-7-17(8-11-20)27(39)32-15-18-6-9-19(30)14-22(18)31/h2-14H,15H2,1H3,(H,32,39)(H,34,35). The number of H-pyrrole nitrogens is 1. The van der Waals surface area contributed by atoms with E-state index >= 15 is 0 Å². The second kappa shape index (κ2) is 10.3. The van der Waals surface area contributed by atoms with Crippen molar-refractivity contribution in [2.24, 2.45) is 0 Å². The van der Waals surface area contributed by atoms with E-state index in [1.807, 2.05) is 31.2 Å². The number of benzene rings is 3. The average molecular weight is 555 g/mol. The summed E-state index contributed by atoms with van der Waals surface area (Å²) in [6.45, 7) is 1.75. The van der Waals surface area contributed by atoms with Crippen LogP contribution in [0.4, 0.5) is 8.78 Å². The molecule has 0 unspecified atom stereocenters. The molecule has 0 saturated heterocycles. The van der Waals surface area contributed by atoms with E-state index in [4.69, 9.17) is 0 Å². The number of hydrogen-bond donors (Lipinski definition) is 2. The SMILES string of the molecule is Cc1nc(Sc2nc3ccccc3[nH]2)nc2c1ccc(=O)n2-c1ccc(C(=O)NCc2ccc(F)cc2F)cc1. The van der Waals surface area contributed by atoms with Crippen molar-refractivity contribution in [2.45, 2.75) is 23.8 Å². The first-order chi connectivity index (χ1) is 19.4. The molecule has 3 heterocycles. The quantitative estimate of drug-likeness (QED) is 0.270. The molecule has 6 rings (SSSR count). The van der Waals surface area contributed by atoms with Gasteiger partial charge in [0.2, 0.25) is 0 Å². The van der Waals surface area contributed by atoms with Crippen LogP contribution in [0, 0.1) is 18.6 Å². The van der Waals surface area contributed by atoms with Crippen LogP contribution in [-0.4, -0.2) is 30.4 Å². The number of rotatable bonds is 6. The number of carbonyl (C=O) groups excluding carboxylic acids is 1. The Kier molecular flexibility index (Phi) is 6.56. The highest BCUT2D eigenvalue weighted by molar-refractivity contribution is 7.99. The molecule has 40 heavy (non-hydrogen) atoms. The van der Waals surface area contributed by atoms with Crippen LogP contribution in [0.3, 0.4) is 0 Å². The zero-order valence-electron chi connectivity index (χ0n) is 21.0. The molecule has 0 bridgehead atoms. The molecular formula is C29H20F2N6O2S. The predicted octanol–water partition coefficient (Wildman–Crippen LogP) is 5.32. The summed E-state index contributed by atoms with van der Waals surface area (Å²) in [5.41, 5.74) is 3.53. The van der Waals surface area contributed by atoms with Crippen LogP contribution >= 0.6 is 11.8 Å². The van der Waals surface area contributed by atoms with E-state index in [9.17, 15) is 18.4 Å². The number of aryl methyl sites for hydroxylation is 1. The van der Waals surface area contributed by atoms with Crippen molar-refractivity contribution in [1.82, 2.24) is 29.8 Å². The van der Waals surface area contributed by atoms with Gasteiger partial charge in [0, 0.05) is 35.2 Å². The highest BCUT2D eigenvalue weighted by Crippen LogP contribution is 2.27. The van der Waals surface area contributed by atoms with Gasteiger partial charge in [-0.05, 0) is 67.2 Å². The van der Waals surface area contributed by atoms with Gasteiger partial charge in [0.15, 0.2) is 16.0 Å². The zero-order valence-corrected chi connectivity index (χ0v) is 21.8. The summed E-state index contributed by atoms with van der Waals surface area (Å²) in [6, 6.07) is 20.4. The van der Waals surface area contributed by atoms with E-state index in [1.165, 1.54) is 28.5 Å². The molecule has 3 aromatic heterocycles. The molecule has 0 atom stereocenters. The molecule has 0 fully saturated rings. The van der Waals surface area contributed by atoms with Crippen molar-refractivity contribution in [3.8, 4) is 5.69 Å². The summed E-state index contributed by atoms with van der Waals surface area (Å²) >= 11 is 1.26. The lowest BCUT2D eigenvalue weighted by Crippen LogP contribution is -2.23. The first kappa shape index (κ1) is 25.4. The topological polar surface area (TPSA) is 106 Å². The summed E-state index contributed by atoms with van der Waals surface area (Å²) in [7, 11) is 0. The number of aromatic amines is 1. The smallest absolute Gasteiger partial charge is 0.256 e. The van der Waals surface area contributed by atoms with E-state index in [-0.39, 0.29) is 17.7 Å². The molecule has 3 aromatic carbocycles. The Bertz CT molecular complexity index is 1940. The highest BCUT2D eigenvalue weighted by atomic mass is 32.2. The van der Waals surface area contributed by atoms with Crippen LogP contribution in [0.5, 0.6) is 0 Å². The molecule has 8 nitrogen and oxygen atoms in total. The minimum atomic E-state index is -0.735. The average Bonchev–Trinajstić information content (AvgIpc) is 3.35. The monoisotopic (exact) mass is 554 g/mol. The lowest BCUT2D eigenvalue weighted by molar-refractivity contribution is 0.0950. The number of carbonyl (C=O) groups is 1. The van der Waals surface area contributed by atoms with Gasteiger partial charge in [0.25, 0.3) is 11.5 Å². The molecule has 0 aliphatic carbocycles. The summed E-state index contributed by atoms with van der Waals surface area (Å²) in [6.07, 6.45) is 0. The third kappa shape index (κ3) is 4.94. The second-order valence-electron chi connectivity index (χ2n) is 8.96. The maximum atomic E-state index is 13.9. The Balaban J connectivity index is 1.29. The largest absolute Gasteiger partial charge is 0.348 e. The molecule has 0 radical (unpaired) electrons. The van der Waals surface area contributed by atoms with Crippen LogP contribution in [0.2, 0.25) is 0 Å². The van der Waals surface area contributed by atoms with Gasteiger partial charge in [-0.15, -0.1) is 0 Å². The van der Waals surface area contributed by atoms with E-state index in [0.717, 1.165) is 23.2 Å². The Hall–Kier alpha value is -4.90. The fourth-order valence-electron chi connectivity index (χ4n) is 4.30. The fraction of sp³-hybridized carbons (Fsp3) is 0.0690. The summed E-state index contributed by atoms with van der Waals surface area (Å²) in [5.74, 6) is -1.86. The van der Waals surface area contributed by atoms with Gasteiger partial charge in [0.1, 0.15) is 11.6 Å². The number of amides is 1. The van der Waals surface area contributed by atoms with Gasteiger partial charge in [-0.3, -0.25) is 14.2 Å². The van der Waals surface area contributed by atoms with Crippen molar-refractivity contribution >= 4 is 39.7 Å². The van der Waals surface area contributed by atoms with Crippen LogP contribution in [0.15, 0.2) is 94.0 Å². The van der Waals surface area contributed by atoms with Gasteiger partial charge in [-0.2, -0.15) is 0 Å². The maximum absolute atomic E-state index is 13.9. The minimum Gasteiger partial charge on any atom is -0.348 e. The molecule has 0 saturated carbocycles. The molecular weight excluding hydrogens is 534 g/mol. The molecule has 2 N–H and O–H groups in total. The van der Waals surface area contributed by atoms with Gasteiger partial charge in [-0.25, -0.2) is 23.7 Å². The number of halogens is 2. The van der Waals surface area contributed by atoms with Crippen molar-refractivity contribution in [3.63, 3.8) is 0 Å². The maximum Gasteiger partial charge on any atom is 0.256 e. The van der Waals surface area contributed by atoms with E-state index < -0.39 is 17.5 Å². The van der Waals surface area contributed by atoms with Crippen molar-refractivity contribution < 1.29 is 13.6 Å². The third-order valence-corrected chi connectivity index (χ3v) is 7.07. The first-order valence-corrected chi connectivity index (χ1v) is 13.0. The van der Waals surface area contributed by atoms with Crippen molar-refractivity contribution in [3.05, 3.63) is 118 Å². The number of aromatic nitrogens is 5. The zero-order chi connectivity index (χ0) is 27.8. The summed E-state index contributed by atoms with van der Waals surface area (Å²) in [5, 5.41) is 4.38. The number of para-hydroxylation sites is 2. The summed E-state index contributed by atoms with van der Waals surface area (Å²) in [4.78, 5) is 42.7. The van der Waals surface area contributed by atoms with Crippen LogP contribution in [0.25, 0.3) is 27.8 Å². The number of imidazole rings is 1. The number of nitrogens with zero attached hydrogens (tertiary/aromatic N) is 4. The highest BCUT2D eigenvalue weighted by Gasteiger charge is 2.15. The molecule has 0 spiro atoms. The first-order valence-electron chi connectivity index (χ1n) is 12.2. The van der Waals surface area contributed by atoms with E-state index in [0.29, 0.717) is 38.3 Å². The van der Waals surface area contributed by atoms with Gasteiger partial charge in [-0.1, -0.05) is 18.2 Å². The van der Waals surface area contributed by atoms with Gasteiger partial charge >= 0.3 is 0 Å². The molecule has 0 aliphatic heterocycles. The number of pyridine rings is 1. The summed E-state index contributed by atoms with van der Waals surface area (Å²) < 4.78 is 28.5. The third-order valence-electron chi connectivity index (χ3n) is 6.32. The van der Waals surface area contributed by atoms with Crippen LogP contribution in [-0.2, 0) is 6.54 Å². The van der Waals surface area contributed by atoms with Crippen molar-refractivity contribution in [2.75, 3.05) is 0 Å². The molecule has 198 valence electrons. The number of hydrogen-bond acceptors (Lipinski definition) is 6. The van der Waals surface area contributed by atoms with Crippen LogP contribution < -0.4 is 10.9 Å². The normalized spacial score (nSPS) is 11.3. The molecule has 11 heteroatoms. The van der Waals surface area contributed by atoms with Crippen LogP contribution in [0.1, 0.15) is 21.6 Å². The van der Waals surface area contributed by atoms with E-state index in [2.05, 4.69) is 25.3 Å². The molecule has 6 aromatic rings. The number of nitrogens with one attached hydrogen (secondary N) is 2. The predicted molar refractivity (Wildman–Crippen MR) is 148 cm³/mol. The molecule has 0 aliphatic rings. The molecule has 1 amide bonds. The van der Waals surface area contributed by atoms with E-state index in [1.54, 1.807) is 30.3 Å².